The standard InChI is InChI=1S/C25H23ClFN5O/c26-22-23(30-14-15-9-10-29-13-15)31-24(18-3-4-19(12-28)21(27)11-18)32(25(22)33)20-7-5-17(6-8-20)16-1-2-16/h3-8,11,15-16,29-30H,1-2,9-10,13-14H2/t15-/m0/s1. The first-order valence-electron chi connectivity index (χ1n) is 11.1. The molecule has 168 valence electrons. The molecule has 8 heteroatoms. The largest absolute Gasteiger partial charge is 0.368 e. The smallest absolute Gasteiger partial charge is 0.279 e. The molecule has 1 aliphatic carbocycles. The van der Waals surface area contributed by atoms with E-state index in [0.29, 0.717) is 29.6 Å². The highest BCUT2D eigenvalue weighted by Crippen LogP contribution is 2.40. The van der Waals surface area contributed by atoms with E-state index in [1.807, 2.05) is 30.3 Å². The zero-order chi connectivity index (χ0) is 22.9. The number of nitrogens with zero attached hydrogens (tertiary/aromatic N) is 3. The zero-order valence-corrected chi connectivity index (χ0v) is 18.7. The summed E-state index contributed by atoms with van der Waals surface area (Å²) in [6.07, 6.45) is 3.39. The molecule has 1 aromatic heterocycles. The van der Waals surface area contributed by atoms with Crippen LogP contribution in [0, 0.1) is 23.1 Å². The second-order valence-corrected chi connectivity index (χ2v) is 9.03. The van der Waals surface area contributed by atoms with Gasteiger partial charge in [0.1, 0.15) is 22.7 Å². The van der Waals surface area contributed by atoms with Gasteiger partial charge in [0.2, 0.25) is 0 Å². The van der Waals surface area contributed by atoms with Crippen molar-refractivity contribution in [3.8, 4) is 23.1 Å². The van der Waals surface area contributed by atoms with Crippen LogP contribution in [0.2, 0.25) is 5.02 Å². The summed E-state index contributed by atoms with van der Waals surface area (Å²) in [6.45, 7) is 2.48. The second-order valence-electron chi connectivity index (χ2n) is 8.65. The second kappa shape index (κ2) is 8.97. The number of rotatable bonds is 6. The molecule has 2 aromatic carbocycles. The van der Waals surface area contributed by atoms with E-state index in [2.05, 4.69) is 15.6 Å². The highest BCUT2D eigenvalue weighted by Gasteiger charge is 2.24. The van der Waals surface area contributed by atoms with Crippen LogP contribution in [0.4, 0.5) is 10.2 Å². The van der Waals surface area contributed by atoms with Crippen LogP contribution < -0.4 is 16.2 Å². The van der Waals surface area contributed by atoms with Crippen LogP contribution in [0.5, 0.6) is 0 Å². The Hall–Kier alpha value is -3.21. The van der Waals surface area contributed by atoms with Crippen LogP contribution >= 0.6 is 11.6 Å². The predicted molar refractivity (Wildman–Crippen MR) is 126 cm³/mol. The van der Waals surface area contributed by atoms with Crippen molar-refractivity contribution in [3.05, 3.63) is 74.8 Å². The third-order valence-corrected chi connectivity index (χ3v) is 6.64. The molecule has 0 spiro atoms. The molecule has 0 amide bonds. The summed E-state index contributed by atoms with van der Waals surface area (Å²) in [5.74, 6) is 0.872. The van der Waals surface area contributed by atoms with E-state index >= 15 is 0 Å². The molecule has 6 nitrogen and oxygen atoms in total. The number of anilines is 1. The summed E-state index contributed by atoms with van der Waals surface area (Å²) in [4.78, 5) is 18.1. The quantitative estimate of drug-likeness (QED) is 0.564. The van der Waals surface area contributed by atoms with Crippen molar-refractivity contribution in [1.82, 2.24) is 14.9 Å². The lowest BCUT2D eigenvalue weighted by molar-refractivity contribution is 0.614. The van der Waals surface area contributed by atoms with Gasteiger partial charge < -0.3 is 10.6 Å². The third-order valence-electron chi connectivity index (χ3n) is 6.30. The molecule has 0 unspecified atom stereocenters. The van der Waals surface area contributed by atoms with Crippen LogP contribution in [0.25, 0.3) is 17.1 Å². The first kappa shape index (κ1) is 21.6. The molecule has 2 aliphatic rings. The van der Waals surface area contributed by atoms with Gasteiger partial charge in [-0.1, -0.05) is 23.7 Å². The van der Waals surface area contributed by atoms with E-state index in [0.717, 1.165) is 19.5 Å². The first-order valence-corrected chi connectivity index (χ1v) is 11.5. The Morgan fingerprint density at radius 1 is 1.21 bits per heavy atom. The molecule has 2 heterocycles. The Morgan fingerprint density at radius 3 is 2.64 bits per heavy atom. The van der Waals surface area contributed by atoms with E-state index in [4.69, 9.17) is 16.9 Å². The van der Waals surface area contributed by atoms with E-state index < -0.39 is 11.4 Å². The minimum Gasteiger partial charge on any atom is -0.368 e. The SMILES string of the molecule is N#Cc1ccc(-c2nc(NC[C@H]3CCNC3)c(Cl)c(=O)n2-c2ccc(C3CC3)cc2)cc1F. The molecule has 2 fully saturated rings. The summed E-state index contributed by atoms with van der Waals surface area (Å²) >= 11 is 6.47. The Bertz CT molecular complexity index is 1290. The van der Waals surface area contributed by atoms with Crippen LogP contribution in [0.3, 0.4) is 0 Å². The topological polar surface area (TPSA) is 82.7 Å². The summed E-state index contributed by atoms with van der Waals surface area (Å²) in [6, 6.07) is 13.8. The van der Waals surface area contributed by atoms with Gasteiger partial charge in [0, 0.05) is 12.1 Å². The lowest BCUT2D eigenvalue weighted by atomic mass is 10.1. The summed E-state index contributed by atoms with van der Waals surface area (Å²) in [5.41, 5.74) is 1.72. The summed E-state index contributed by atoms with van der Waals surface area (Å²) in [5, 5.41) is 15.6. The van der Waals surface area contributed by atoms with E-state index in [1.165, 1.54) is 35.1 Å². The average Bonchev–Trinajstić information content (AvgIpc) is 3.55. The van der Waals surface area contributed by atoms with Crippen molar-refractivity contribution in [2.24, 2.45) is 5.92 Å². The van der Waals surface area contributed by atoms with Gasteiger partial charge in [-0.2, -0.15) is 5.26 Å². The number of nitrogens with one attached hydrogen (secondary N) is 2. The number of aromatic nitrogens is 2. The molecule has 1 atom stereocenters. The van der Waals surface area contributed by atoms with Crippen LogP contribution in [0.15, 0.2) is 47.3 Å². The van der Waals surface area contributed by atoms with Gasteiger partial charge in [0.15, 0.2) is 5.82 Å². The minimum absolute atomic E-state index is 0.00917. The van der Waals surface area contributed by atoms with Crippen molar-refractivity contribution < 1.29 is 4.39 Å². The third kappa shape index (κ3) is 4.37. The Morgan fingerprint density at radius 2 is 2.00 bits per heavy atom. The van der Waals surface area contributed by atoms with Crippen LogP contribution in [-0.4, -0.2) is 29.2 Å². The number of nitriles is 1. The van der Waals surface area contributed by atoms with Gasteiger partial charge in [-0.05, 0) is 80.1 Å². The van der Waals surface area contributed by atoms with Gasteiger partial charge in [0.05, 0.1) is 11.3 Å². The fourth-order valence-electron chi connectivity index (χ4n) is 4.24. The van der Waals surface area contributed by atoms with Gasteiger partial charge >= 0.3 is 0 Å². The molecular formula is C25H23ClFN5O. The molecule has 3 aromatic rings. The number of hydrogen-bond acceptors (Lipinski definition) is 5. The minimum atomic E-state index is -0.665. The summed E-state index contributed by atoms with van der Waals surface area (Å²) in [7, 11) is 0. The Kier molecular flexibility index (Phi) is 5.88. The molecular weight excluding hydrogens is 441 g/mol. The maximum atomic E-state index is 14.5. The maximum absolute atomic E-state index is 14.5. The van der Waals surface area contributed by atoms with Crippen LogP contribution in [0.1, 0.15) is 36.3 Å². The molecule has 1 aliphatic heterocycles. The predicted octanol–water partition coefficient (Wildman–Crippen LogP) is 4.46. The lowest BCUT2D eigenvalue weighted by Crippen LogP contribution is -2.25. The summed E-state index contributed by atoms with van der Waals surface area (Å²) < 4.78 is 15.9. The Balaban J connectivity index is 1.61. The lowest BCUT2D eigenvalue weighted by Gasteiger charge is -2.18. The van der Waals surface area contributed by atoms with Gasteiger partial charge in [-0.3, -0.25) is 9.36 Å². The average molecular weight is 464 g/mol. The van der Waals surface area contributed by atoms with Gasteiger partial charge in [-0.15, -0.1) is 0 Å². The number of benzene rings is 2. The van der Waals surface area contributed by atoms with Gasteiger partial charge in [-0.25, -0.2) is 9.37 Å². The highest BCUT2D eigenvalue weighted by molar-refractivity contribution is 6.32. The van der Waals surface area contributed by atoms with Crippen molar-refractivity contribution in [2.45, 2.75) is 25.2 Å². The van der Waals surface area contributed by atoms with Crippen molar-refractivity contribution in [1.29, 1.82) is 5.26 Å². The fourth-order valence-corrected chi connectivity index (χ4v) is 4.43. The molecule has 2 N–H and O–H groups in total. The van der Waals surface area contributed by atoms with Crippen molar-refractivity contribution in [2.75, 3.05) is 25.0 Å². The molecule has 1 saturated carbocycles. The van der Waals surface area contributed by atoms with E-state index in [1.54, 1.807) is 6.07 Å². The Labute approximate surface area is 196 Å². The number of halogens is 2. The molecule has 0 radical (unpaired) electrons. The van der Waals surface area contributed by atoms with Crippen molar-refractivity contribution >= 4 is 17.4 Å². The van der Waals surface area contributed by atoms with Crippen LogP contribution in [-0.2, 0) is 0 Å². The maximum Gasteiger partial charge on any atom is 0.279 e. The monoisotopic (exact) mass is 463 g/mol. The van der Waals surface area contributed by atoms with Crippen molar-refractivity contribution in [3.63, 3.8) is 0 Å². The number of hydrogen-bond donors (Lipinski definition) is 2. The van der Waals surface area contributed by atoms with E-state index in [9.17, 15) is 9.18 Å². The van der Waals surface area contributed by atoms with E-state index in [-0.39, 0.29) is 22.2 Å². The highest BCUT2D eigenvalue weighted by atomic mass is 35.5. The zero-order valence-electron chi connectivity index (χ0n) is 17.9. The normalized spacial score (nSPS) is 17.7. The fraction of sp³-hybridized carbons (Fsp3) is 0.320. The molecule has 33 heavy (non-hydrogen) atoms. The molecule has 0 bridgehead atoms. The van der Waals surface area contributed by atoms with Gasteiger partial charge in [0.25, 0.3) is 5.56 Å². The first-order chi connectivity index (χ1) is 16.0. The molecule has 5 rings (SSSR count). The molecule has 1 saturated heterocycles.